The third-order valence-corrected chi connectivity index (χ3v) is 7.65. The summed E-state index contributed by atoms with van der Waals surface area (Å²) in [6.07, 6.45) is 2.15. The highest BCUT2D eigenvalue weighted by Gasteiger charge is 2.22. The summed E-state index contributed by atoms with van der Waals surface area (Å²) in [6.45, 7) is 13.5. The quantitative estimate of drug-likeness (QED) is 0.274. The van der Waals surface area contributed by atoms with Crippen LogP contribution in [0.25, 0.3) is 44.6 Å². The third-order valence-electron chi connectivity index (χ3n) is 7.65. The van der Waals surface area contributed by atoms with Gasteiger partial charge in [0.2, 0.25) is 0 Å². The largest absolute Gasteiger partial charge is 0.342 e. The first-order valence-corrected chi connectivity index (χ1v) is 12.3. The van der Waals surface area contributed by atoms with E-state index in [1.807, 2.05) is 0 Å². The van der Waals surface area contributed by atoms with Crippen molar-refractivity contribution in [1.29, 1.82) is 0 Å². The van der Waals surface area contributed by atoms with E-state index in [0.29, 0.717) is 0 Å². The zero-order chi connectivity index (χ0) is 24.1. The second kappa shape index (κ2) is 8.12. The summed E-state index contributed by atoms with van der Waals surface area (Å²) >= 11 is 0. The molecule has 2 aromatic heterocycles. The van der Waals surface area contributed by atoms with Gasteiger partial charge in [-0.15, -0.1) is 0 Å². The summed E-state index contributed by atoms with van der Waals surface area (Å²) in [5.41, 5.74) is 9.13. The molecule has 0 fully saturated rings. The highest BCUT2D eigenvalue weighted by molar-refractivity contribution is 5.87. The molecule has 0 saturated heterocycles. The van der Waals surface area contributed by atoms with Crippen LogP contribution >= 0.6 is 0 Å². The Labute approximate surface area is 201 Å². The second-order valence-electron chi connectivity index (χ2n) is 10.7. The van der Waals surface area contributed by atoms with Gasteiger partial charge in [-0.25, -0.2) is 9.97 Å². The molecule has 0 saturated carbocycles. The zero-order valence-electron chi connectivity index (χ0n) is 21.1. The molecule has 0 spiro atoms. The van der Waals surface area contributed by atoms with Gasteiger partial charge in [0.25, 0.3) is 0 Å². The molecule has 174 valence electrons. The van der Waals surface area contributed by atoms with E-state index < -0.39 is 0 Å². The first-order valence-electron chi connectivity index (χ1n) is 12.3. The van der Waals surface area contributed by atoms with E-state index in [0.717, 1.165) is 57.7 Å². The number of hydrogen-bond acceptors (Lipinski definition) is 2. The summed E-state index contributed by atoms with van der Waals surface area (Å²) in [5, 5.41) is 0. The maximum atomic E-state index is 4.85. The van der Waals surface area contributed by atoms with Gasteiger partial charge in [-0.2, -0.15) is 0 Å². The molecular formula is C30H34N4. The van der Waals surface area contributed by atoms with Crippen molar-refractivity contribution in [2.75, 3.05) is 0 Å². The number of benzene rings is 3. The van der Waals surface area contributed by atoms with Crippen LogP contribution in [0.5, 0.6) is 0 Å². The highest BCUT2D eigenvalue weighted by atomic mass is 14.9. The molecule has 0 bridgehead atoms. The summed E-state index contributed by atoms with van der Waals surface area (Å²) < 4.78 is 0. The first-order chi connectivity index (χ1) is 16.2. The van der Waals surface area contributed by atoms with Gasteiger partial charge in [-0.1, -0.05) is 77.9 Å². The molecule has 0 aliphatic heterocycles. The van der Waals surface area contributed by atoms with Crippen molar-refractivity contribution in [2.45, 2.75) is 65.2 Å². The van der Waals surface area contributed by atoms with Gasteiger partial charge in [0.05, 0.1) is 22.1 Å². The minimum Gasteiger partial charge on any atom is -0.342 e. The lowest BCUT2D eigenvalue weighted by Gasteiger charge is -2.23. The molecule has 0 unspecified atom stereocenters. The van der Waals surface area contributed by atoms with Gasteiger partial charge < -0.3 is 9.97 Å². The molecule has 3 aromatic carbocycles. The predicted octanol–water partition coefficient (Wildman–Crippen LogP) is 8.15. The van der Waals surface area contributed by atoms with Gasteiger partial charge in [0, 0.05) is 11.0 Å². The van der Waals surface area contributed by atoms with E-state index in [-0.39, 0.29) is 10.8 Å². The van der Waals surface area contributed by atoms with Gasteiger partial charge in [-0.05, 0) is 59.2 Å². The first kappa shape index (κ1) is 22.4. The maximum absolute atomic E-state index is 4.85. The van der Waals surface area contributed by atoms with Gasteiger partial charge in [0.1, 0.15) is 11.6 Å². The van der Waals surface area contributed by atoms with E-state index in [1.54, 1.807) is 0 Å². The van der Waals surface area contributed by atoms with E-state index in [2.05, 4.69) is 112 Å². The van der Waals surface area contributed by atoms with Gasteiger partial charge >= 0.3 is 0 Å². The molecule has 34 heavy (non-hydrogen) atoms. The van der Waals surface area contributed by atoms with Crippen molar-refractivity contribution >= 4 is 22.1 Å². The highest BCUT2D eigenvalue weighted by Crippen LogP contribution is 2.32. The van der Waals surface area contributed by atoms with Crippen LogP contribution in [0.1, 0.15) is 65.8 Å². The van der Waals surface area contributed by atoms with E-state index in [9.17, 15) is 0 Å². The van der Waals surface area contributed by atoms with Crippen molar-refractivity contribution in [3.8, 4) is 22.5 Å². The monoisotopic (exact) mass is 450 g/mol. The van der Waals surface area contributed by atoms with Gasteiger partial charge in [-0.3, -0.25) is 0 Å². The fourth-order valence-electron chi connectivity index (χ4n) is 4.29. The molecule has 0 amide bonds. The van der Waals surface area contributed by atoms with Crippen LogP contribution in [-0.4, -0.2) is 19.9 Å². The zero-order valence-corrected chi connectivity index (χ0v) is 21.1. The Bertz CT molecular complexity index is 1470. The number of rotatable bonds is 6. The molecule has 5 rings (SSSR count). The summed E-state index contributed by atoms with van der Waals surface area (Å²) in [6, 6.07) is 21.7. The number of H-pyrrole nitrogens is 2. The lowest BCUT2D eigenvalue weighted by Crippen LogP contribution is -2.17. The van der Waals surface area contributed by atoms with Crippen LogP contribution in [0, 0.1) is 0 Å². The summed E-state index contributed by atoms with van der Waals surface area (Å²) in [7, 11) is 0. The lowest BCUT2D eigenvalue weighted by molar-refractivity contribution is 0.479. The van der Waals surface area contributed by atoms with Crippen LogP contribution in [0.3, 0.4) is 0 Å². The van der Waals surface area contributed by atoms with Crippen LogP contribution in [-0.2, 0) is 10.8 Å². The second-order valence-corrected chi connectivity index (χ2v) is 10.7. The fourth-order valence-corrected chi connectivity index (χ4v) is 4.29. The molecule has 0 aliphatic rings. The van der Waals surface area contributed by atoms with E-state index >= 15 is 0 Å². The molecular weight excluding hydrogens is 416 g/mol. The normalized spacial score (nSPS) is 12.6. The Morgan fingerprint density at radius 3 is 1.74 bits per heavy atom. The van der Waals surface area contributed by atoms with Crippen LogP contribution < -0.4 is 0 Å². The van der Waals surface area contributed by atoms with Gasteiger partial charge in [0.15, 0.2) is 0 Å². The van der Waals surface area contributed by atoms with Crippen LogP contribution in [0.15, 0.2) is 60.7 Å². The fraction of sp³-hybridized carbons (Fsp3) is 0.333. The molecule has 2 N–H and O–H groups in total. The molecule has 2 heterocycles. The van der Waals surface area contributed by atoms with E-state index in [4.69, 9.17) is 9.97 Å². The number of hydrogen-bond donors (Lipinski definition) is 2. The van der Waals surface area contributed by atoms with Crippen molar-refractivity contribution in [2.24, 2.45) is 0 Å². The Morgan fingerprint density at radius 1 is 0.618 bits per heavy atom. The molecule has 4 heteroatoms. The average Bonchev–Trinajstić information content (AvgIpc) is 3.48. The molecule has 5 aromatic rings. The molecule has 0 aliphatic carbocycles. The maximum Gasteiger partial charge on any atom is 0.138 e. The van der Waals surface area contributed by atoms with Crippen molar-refractivity contribution in [3.63, 3.8) is 0 Å². The number of nitrogens with one attached hydrogen (secondary N) is 2. The third kappa shape index (κ3) is 3.91. The Morgan fingerprint density at radius 2 is 1.15 bits per heavy atom. The minimum absolute atomic E-state index is 0.0366. The molecule has 0 atom stereocenters. The predicted molar refractivity (Wildman–Crippen MR) is 143 cm³/mol. The Hall–Kier alpha value is -3.40. The lowest BCUT2D eigenvalue weighted by atomic mass is 9.82. The Kier molecular flexibility index (Phi) is 5.35. The van der Waals surface area contributed by atoms with Crippen molar-refractivity contribution in [1.82, 2.24) is 19.9 Å². The van der Waals surface area contributed by atoms with E-state index in [1.165, 1.54) is 11.1 Å². The standard InChI is InChI=1S/C30H34N4/c1-7-29(3,4)22-13-9-19(10-14-22)27-31-23-15-11-20(17-25(23)32-27)21-12-16-24-26(18-21)34-28(33-24)30(5,6)8-2/h9-18H,7-8H2,1-6H3,(H,31,32)(H,33,34). The molecule has 4 nitrogen and oxygen atoms in total. The SMILES string of the molecule is CCC(C)(C)c1ccc(-c2nc3ccc(-c4ccc5nc(C(C)(C)CC)[nH]c5c4)cc3[nH]2)cc1. The van der Waals surface area contributed by atoms with Crippen molar-refractivity contribution in [3.05, 3.63) is 72.1 Å². The smallest absolute Gasteiger partial charge is 0.138 e. The topological polar surface area (TPSA) is 57.4 Å². The van der Waals surface area contributed by atoms with Crippen LogP contribution in [0.4, 0.5) is 0 Å². The average molecular weight is 451 g/mol. The van der Waals surface area contributed by atoms with Crippen LogP contribution in [0.2, 0.25) is 0 Å². The summed E-state index contributed by atoms with van der Waals surface area (Å²) in [5.74, 6) is 1.95. The number of imidazole rings is 2. The number of aromatic amines is 2. The number of nitrogens with zero attached hydrogens (tertiary/aromatic N) is 2. The Balaban J connectivity index is 1.47. The number of fused-ring (bicyclic) bond motifs is 2. The summed E-state index contributed by atoms with van der Waals surface area (Å²) in [4.78, 5) is 16.8. The molecule has 0 radical (unpaired) electrons. The number of aromatic nitrogens is 4. The minimum atomic E-state index is 0.0366. The van der Waals surface area contributed by atoms with Crippen molar-refractivity contribution < 1.29 is 0 Å².